The van der Waals surface area contributed by atoms with Gasteiger partial charge in [0.15, 0.2) is 5.82 Å². The number of nitrogens with two attached hydrogens (primary N) is 1. The Bertz CT molecular complexity index is 453. The predicted octanol–water partition coefficient (Wildman–Crippen LogP) is 1.45. The summed E-state index contributed by atoms with van der Waals surface area (Å²) in [4.78, 5) is 4.27. The first-order chi connectivity index (χ1) is 8.25. The first-order valence-corrected chi connectivity index (χ1v) is 5.60. The van der Waals surface area contributed by atoms with E-state index < -0.39 is 0 Å². The maximum absolute atomic E-state index is 5.67. The van der Waals surface area contributed by atoms with Gasteiger partial charge in [0.25, 0.3) is 0 Å². The van der Waals surface area contributed by atoms with Crippen molar-refractivity contribution in [2.24, 2.45) is 5.73 Å². The third kappa shape index (κ3) is 3.29. The van der Waals surface area contributed by atoms with E-state index in [1.54, 1.807) is 0 Å². The van der Waals surface area contributed by atoms with Crippen molar-refractivity contribution in [3.8, 4) is 5.75 Å². The first-order valence-electron chi connectivity index (χ1n) is 5.60. The Morgan fingerprint density at radius 3 is 2.76 bits per heavy atom. The van der Waals surface area contributed by atoms with Gasteiger partial charge < -0.3 is 10.5 Å². The summed E-state index contributed by atoms with van der Waals surface area (Å²) in [5.41, 5.74) is 5.67. The first kappa shape index (κ1) is 11.6. The molecule has 0 aliphatic carbocycles. The molecule has 0 saturated carbocycles. The monoisotopic (exact) mass is 232 g/mol. The molecule has 2 aromatic rings. The van der Waals surface area contributed by atoms with Gasteiger partial charge in [-0.3, -0.25) is 5.10 Å². The van der Waals surface area contributed by atoms with E-state index in [0.29, 0.717) is 18.9 Å². The minimum Gasteiger partial charge on any atom is -0.493 e. The van der Waals surface area contributed by atoms with Crippen LogP contribution in [0.1, 0.15) is 24.6 Å². The second-order valence-electron chi connectivity index (χ2n) is 3.84. The van der Waals surface area contributed by atoms with E-state index in [4.69, 9.17) is 10.5 Å². The van der Waals surface area contributed by atoms with Crippen molar-refractivity contribution in [3.63, 3.8) is 0 Å². The summed E-state index contributed by atoms with van der Waals surface area (Å²) in [6.07, 6.45) is 0.689. The van der Waals surface area contributed by atoms with Crippen molar-refractivity contribution in [1.82, 2.24) is 15.2 Å². The highest BCUT2D eigenvalue weighted by Crippen LogP contribution is 2.09. The molecular weight excluding hydrogens is 216 g/mol. The molecule has 5 nitrogen and oxygen atoms in total. The second-order valence-corrected chi connectivity index (χ2v) is 3.84. The summed E-state index contributed by atoms with van der Waals surface area (Å²) in [6.45, 7) is 2.42. The third-order valence-electron chi connectivity index (χ3n) is 2.31. The van der Waals surface area contributed by atoms with Crippen LogP contribution in [-0.2, 0) is 6.42 Å². The molecule has 5 heteroatoms. The van der Waals surface area contributed by atoms with Crippen LogP contribution < -0.4 is 10.5 Å². The van der Waals surface area contributed by atoms with Gasteiger partial charge in [0.1, 0.15) is 11.6 Å². The number of nitrogens with one attached hydrogen (secondary N) is 1. The van der Waals surface area contributed by atoms with Gasteiger partial charge in [-0.15, -0.1) is 0 Å². The molecule has 3 N–H and O–H groups in total. The van der Waals surface area contributed by atoms with Crippen LogP contribution in [0.15, 0.2) is 30.3 Å². The molecule has 1 atom stereocenters. The molecule has 0 radical (unpaired) electrons. The van der Waals surface area contributed by atoms with Gasteiger partial charge in [-0.1, -0.05) is 18.2 Å². The highest BCUT2D eigenvalue weighted by Gasteiger charge is 2.06. The number of para-hydroxylation sites is 1. The van der Waals surface area contributed by atoms with E-state index in [2.05, 4.69) is 15.2 Å². The number of aromatic amines is 1. The van der Waals surface area contributed by atoms with Crippen LogP contribution in [0, 0.1) is 0 Å². The molecule has 1 aromatic heterocycles. The fourth-order valence-electron chi connectivity index (χ4n) is 1.41. The lowest BCUT2D eigenvalue weighted by atomic mass is 10.3. The lowest BCUT2D eigenvalue weighted by molar-refractivity contribution is 0.319. The average Bonchev–Trinajstić information content (AvgIpc) is 2.79. The standard InChI is InChI=1S/C12H16N4O/c1-9(13)12-14-11(15-16-12)7-8-17-10-5-3-2-4-6-10/h2-6,9H,7-8,13H2,1H3,(H,14,15,16). The van der Waals surface area contributed by atoms with Crippen LogP contribution in [0.4, 0.5) is 0 Å². The zero-order valence-corrected chi connectivity index (χ0v) is 9.76. The van der Waals surface area contributed by atoms with Crippen molar-refractivity contribution < 1.29 is 4.74 Å². The van der Waals surface area contributed by atoms with E-state index in [0.717, 1.165) is 11.6 Å². The molecule has 1 aromatic carbocycles. The molecule has 0 amide bonds. The van der Waals surface area contributed by atoms with Gasteiger partial charge in [-0.25, -0.2) is 4.98 Å². The number of ether oxygens (including phenoxy) is 1. The molecule has 2 rings (SSSR count). The summed E-state index contributed by atoms with van der Waals surface area (Å²) in [7, 11) is 0. The van der Waals surface area contributed by atoms with Gasteiger partial charge in [0.2, 0.25) is 0 Å². The quantitative estimate of drug-likeness (QED) is 0.818. The van der Waals surface area contributed by atoms with Crippen LogP contribution in [0.5, 0.6) is 5.75 Å². The summed E-state index contributed by atoms with van der Waals surface area (Å²) in [5, 5.41) is 6.88. The Labute approximate surface area is 100 Å². The SMILES string of the molecule is CC(N)c1n[nH]c(CCOc2ccccc2)n1. The van der Waals surface area contributed by atoms with E-state index in [1.165, 1.54) is 0 Å². The number of hydrogen-bond acceptors (Lipinski definition) is 4. The fraction of sp³-hybridized carbons (Fsp3) is 0.333. The fourth-order valence-corrected chi connectivity index (χ4v) is 1.41. The number of aromatic nitrogens is 3. The third-order valence-corrected chi connectivity index (χ3v) is 2.31. The van der Waals surface area contributed by atoms with Crippen molar-refractivity contribution >= 4 is 0 Å². The summed E-state index contributed by atoms with van der Waals surface area (Å²) in [6, 6.07) is 9.55. The smallest absolute Gasteiger partial charge is 0.167 e. The topological polar surface area (TPSA) is 76.8 Å². The molecule has 0 spiro atoms. The Morgan fingerprint density at radius 1 is 1.35 bits per heavy atom. The molecule has 17 heavy (non-hydrogen) atoms. The molecule has 0 aliphatic rings. The van der Waals surface area contributed by atoms with Crippen LogP contribution in [-0.4, -0.2) is 21.8 Å². The maximum atomic E-state index is 5.67. The lowest BCUT2D eigenvalue weighted by Gasteiger charge is -2.03. The molecule has 1 unspecified atom stereocenters. The Morgan fingerprint density at radius 2 is 2.12 bits per heavy atom. The highest BCUT2D eigenvalue weighted by atomic mass is 16.5. The van der Waals surface area contributed by atoms with Crippen molar-refractivity contribution in [3.05, 3.63) is 42.0 Å². The molecule has 0 bridgehead atoms. The molecule has 0 aliphatic heterocycles. The summed E-state index contributed by atoms with van der Waals surface area (Å²) < 4.78 is 5.56. The molecule has 90 valence electrons. The Hall–Kier alpha value is -1.88. The van der Waals surface area contributed by atoms with Gasteiger partial charge >= 0.3 is 0 Å². The van der Waals surface area contributed by atoms with E-state index in [9.17, 15) is 0 Å². The minimum atomic E-state index is -0.143. The lowest BCUT2D eigenvalue weighted by Crippen LogP contribution is -2.07. The van der Waals surface area contributed by atoms with Gasteiger partial charge in [-0.2, -0.15) is 5.10 Å². The second kappa shape index (κ2) is 5.45. The van der Waals surface area contributed by atoms with Crippen LogP contribution in [0.2, 0.25) is 0 Å². The van der Waals surface area contributed by atoms with E-state index >= 15 is 0 Å². The van der Waals surface area contributed by atoms with Crippen molar-refractivity contribution in [2.75, 3.05) is 6.61 Å². The average molecular weight is 232 g/mol. The minimum absolute atomic E-state index is 0.143. The van der Waals surface area contributed by atoms with Crippen molar-refractivity contribution in [2.45, 2.75) is 19.4 Å². The van der Waals surface area contributed by atoms with Crippen LogP contribution in [0.25, 0.3) is 0 Å². The normalized spacial score (nSPS) is 12.4. The number of H-pyrrole nitrogens is 1. The summed E-state index contributed by atoms with van der Waals surface area (Å²) >= 11 is 0. The molecule has 0 fully saturated rings. The van der Waals surface area contributed by atoms with Crippen LogP contribution >= 0.6 is 0 Å². The molecule has 1 heterocycles. The molecular formula is C12H16N4O. The van der Waals surface area contributed by atoms with Gasteiger partial charge in [0.05, 0.1) is 12.6 Å². The zero-order valence-electron chi connectivity index (χ0n) is 9.76. The van der Waals surface area contributed by atoms with Gasteiger partial charge in [0, 0.05) is 6.42 Å². The number of rotatable bonds is 5. The Kier molecular flexibility index (Phi) is 3.72. The summed E-state index contributed by atoms with van der Waals surface area (Å²) in [5.74, 6) is 2.30. The number of nitrogens with zero attached hydrogens (tertiary/aromatic N) is 2. The van der Waals surface area contributed by atoms with Crippen molar-refractivity contribution in [1.29, 1.82) is 0 Å². The predicted molar refractivity (Wildman–Crippen MR) is 64.6 cm³/mol. The molecule has 0 saturated heterocycles. The van der Waals surface area contributed by atoms with E-state index in [-0.39, 0.29) is 6.04 Å². The van der Waals surface area contributed by atoms with E-state index in [1.807, 2.05) is 37.3 Å². The highest BCUT2D eigenvalue weighted by molar-refractivity contribution is 5.20. The zero-order chi connectivity index (χ0) is 12.1. The van der Waals surface area contributed by atoms with Crippen LogP contribution in [0.3, 0.4) is 0 Å². The largest absolute Gasteiger partial charge is 0.493 e. The number of hydrogen-bond donors (Lipinski definition) is 2. The Balaban J connectivity index is 1.82. The van der Waals surface area contributed by atoms with Gasteiger partial charge in [-0.05, 0) is 19.1 Å². The maximum Gasteiger partial charge on any atom is 0.167 e. The number of benzene rings is 1.